The molecule has 308 valence electrons. The van der Waals surface area contributed by atoms with Crippen molar-refractivity contribution in [3.05, 3.63) is 109 Å². The quantitative estimate of drug-likeness (QED) is 0.0509. The third-order valence-electron chi connectivity index (χ3n) is 10.3. The van der Waals surface area contributed by atoms with E-state index in [1.165, 1.54) is 43.2 Å². The van der Waals surface area contributed by atoms with Crippen molar-refractivity contribution in [3.63, 3.8) is 0 Å². The zero-order valence-corrected chi connectivity index (χ0v) is 35.4. The molecule has 0 unspecified atom stereocenters. The molecule has 1 aromatic heterocycles. The van der Waals surface area contributed by atoms with Gasteiger partial charge in [0.05, 0.1) is 27.4 Å². The van der Waals surface area contributed by atoms with Crippen LogP contribution in [0.15, 0.2) is 104 Å². The summed E-state index contributed by atoms with van der Waals surface area (Å²) >= 11 is 0. The maximum Gasteiger partial charge on any atom is 0.230 e. The van der Waals surface area contributed by atoms with Crippen LogP contribution in [0.25, 0.3) is 27.8 Å². The Hall–Kier alpha value is -5.57. The van der Waals surface area contributed by atoms with Crippen LogP contribution in [-0.4, -0.2) is 69.6 Å². The summed E-state index contributed by atoms with van der Waals surface area (Å²) in [5.74, 6) is 5.61. The molecule has 0 radical (unpaired) electrons. The van der Waals surface area contributed by atoms with Gasteiger partial charge in [-0.1, -0.05) is 100 Å². The molecule has 0 bridgehead atoms. The van der Waals surface area contributed by atoms with Gasteiger partial charge in [-0.25, -0.2) is 0 Å². The Labute approximate surface area is 347 Å². The molecule has 0 aliphatic heterocycles. The Bertz CT molecular complexity index is 1930. The summed E-state index contributed by atoms with van der Waals surface area (Å²) in [5, 5.41) is 0. The number of aromatic nitrogens is 3. The van der Waals surface area contributed by atoms with Crippen molar-refractivity contribution in [1.29, 1.82) is 0 Å². The average molecular weight is 786 g/mol. The Morgan fingerprint density at radius 3 is 1.09 bits per heavy atom. The maximum atomic E-state index is 6.02. The number of anilines is 2. The smallest absolute Gasteiger partial charge is 0.230 e. The van der Waals surface area contributed by atoms with Crippen molar-refractivity contribution in [3.8, 4) is 45.3 Å². The molecule has 0 amide bonds. The van der Waals surface area contributed by atoms with Crippen LogP contribution in [0.3, 0.4) is 0 Å². The van der Waals surface area contributed by atoms with Crippen molar-refractivity contribution >= 4 is 17.5 Å². The molecule has 0 fully saturated rings. The van der Waals surface area contributed by atoms with Gasteiger partial charge in [0.1, 0.15) is 23.0 Å². The highest BCUT2D eigenvalue weighted by Gasteiger charge is 2.14. The molecule has 0 saturated carbocycles. The van der Waals surface area contributed by atoms with E-state index in [0.29, 0.717) is 24.3 Å². The monoisotopic (exact) mass is 785 g/mol. The second-order valence-corrected chi connectivity index (χ2v) is 15.0. The fourth-order valence-corrected chi connectivity index (χ4v) is 6.66. The minimum absolute atomic E-state index is 0.655. The summed E-state index contributed by atoms with van der Waals surface area (Å²) < 4.78 is 22.5. The standard InChI is InChI=1S/C49H63N5O4/c1-38(2)47-50-48(53(3)34-14-10-8-7-9-12-16-36-57-45-30-22-41(23-31-45)39-18-26-43(55-5)27-19-39)52-49(51-47)54(4)35-15-11-13-17-37-58-46-32-24-42(25-33-46)40-20-28-44(56-6)29-21-40/h18-33H,1,7-17,34-37H2,2-6H3. The summed E-state index contributed by atoms with van der Waals surface area (Å²) in [5.41, 5.74) is 5.50. The Balaban J connectivity index is 0.915. The molecular formula is C49H63N5O4. The van der Waals surface area contributed by atoms with E-state index in [0.717, 1.165) is 97.9 Å². The number of hydrogen-bond acceptors (Lipinski definition) is 9. The largest absolute Gasteiger partial charge is 0.497 e. The summed E-state index contributed by atoms with van der Waals surface area (Å²) in [6.45, 7) is 9.31. The topological polar surface area (TPSA) is 82.1 Å². The molecule has 1 heterocycles. The molecular weight excluding hydrogens is 723 g/mol. The first-order valence-electron chi connectivity index (χ1n) is 20.9. The second kappa shape index (κ2) is 23.6. The van der Waals surface area contributed by atoms with Gasteiger partial charge in [-0.05, 0) is 109 Å². The van der Waals surface area contributed by atoms with E-state index in [1.54, 1.807) is 14.2 Å². The van der Waals surface area contributed by atoms with Gasteiger partial charge < -0.3 is 28.7 Å². The number of allylic oxidation sites excluding steroid dienone is 1. The van der Waals surface area contributed by atoms with Gasteiger partial charge in [0, 0.05) is 27.2 Å². The molecule has 0 N–H and O–H groups in total. The molecule has 0 spiro atoms. The molecule has 5 rings (SSSR count). The SMILES string of the molecule is C=C(C)c1nc(N(C)CCCCCCCCCOc2ccc(-c3ccc(OC)cc3)cc2)nc(N(C)CCCCCCOc2ccc(-c3ccc(OC)cc3)cc2)n1. The summed E-state index contributed by atoms with van der Waals surface area (Å²) in [6.07, 6.45) is 12.5. The summed E-state index contributed by atoms with van der Waals surface area (Å²) in [4.78, 5) is 18.6. The van der Waals surface area contributed by atoms with Gasteiger partial charge in [-0.2, -0.15) is 15.0 Å². The highest BCUT2D eigenvalue weighted by atomic mass is 16.5. The zero-order chi connectivity index (χ0) is 41.0. The van der Waals surface area contributed by atoms with Gasteiger partial charge in [-0.15, -0.1) is 0 Å². The van der Waals surface area contributed by atoms with E-state index in [4.69, 9.17) is 33.9 Å². The Morgan fingerprint density at radius 1 is 0.448 bits per heavy atom. The first-order chi connectivity index (χ1) is 28.3. The Kier molecular flexibility index (Phi) is 17.7. The van der Waals surface area contributed by atoms with Crippen molar-refractivity contribution in [2.75, 3.05) is 64.4 Å². The number of benzene rings is 4. The lowest BCUT2D eigenvalue weighted by molar-refractivity contribution is 0.304. The van der Waals surface area contributed by atoms with Gasteiger partial charge in [-0.3, -0.25) is 0 Å². The highest BCUT2D eigenvalue weighted by molar-refractivity contribution is 5.66. The second-order valence-electron chi connectivity index (χ2n) is 15.0. The first kappa shape index (κ1) is 43.6. The minimum atomic E-state index is 0.655. The molecule has 5 aromatic rings. The van der Waals surface area contributed by atoms with Crippen molar-refractivity contribution in [1.82, 2.24) is 15.0 Å². The third-order valence-corrected chi connectivity index (χ3v) is 10.3. The summed E-state index contributed by atoms with van der Waals surface area (Å²) in [6, 6.07) is 32.8. The van der Waals surface area contributed by atoms with Gasteiger partial charge in [0.2, 0.25) is 11.9 Å². The summed E-state index contributed by atoms with van der Waals surface area (Å²) in [7, 11) is 7.51. The number of nitrogens with zero attached hydrogens (tertiary/aromatic N) is 5. The Morgan fingerprint density at radius 2 is 0.759 bits per heavy atom. The molecule has 9 nitrogen and oxygen atoms in total. The van der Waals surface area contributed by atoms with Crippen LogP contribution in [0.2, 0.25) is 0 Å². The molecule has 9 heteroatoms. The van der Waals surface area contributed by atoms with E-state index in [9.17, 15) is 0 Å². The maximum absolute atomic E-state index is 6.02. The zero-order valence-electron chi connectivity index (χ0n) is 35.4. The molecule has 58 heavy (non-hydrogen) atoms. The predicted molar refractivity (Wildman–Crippen MR) is 240 cm³/mol. The van der Waals surface area contributed by atoms with Gasteiger partial charge in [0.25, 0.3) is 0 Å². The molecule has 4 aromatic carbocycles. The van der Waals surface area contributed by atoms with Crippen molar-refractivity contribution < 1.29 is 18.9 Å². The van der Waals surface area contributed by atoms with Gasteiger partial charge in [0.15, 0.2) is 5.82 Å². The number of ether oxygens (including phenoxy) is 4. The van der Waals surface area contributed by atoms with Gasteiger partial charge >= 0.3 is 0 Å². The minimum Gasteiger partial charge on any atom is -0.497 e. The molecule has 0 aliphatic rings. The van der Waals surface area contributed by atoms with Crippen LogP contribution in [0.1, 0.15) is 83.4 Å². The lowest BCUT2D eigenvalue weighted by Crippen LogP contribution is -2.26. The predicted octanol–water partition coefficient (Wildman–Crippen LogP) is 11.6. The van der Waals surface area contributed by atoms with Crippen molar-refractivity contribution in [2.24, 2.45) is 0 Å². The lowest BCUT2D eigenvalue weighted by Gasteiger charge is -2.22. The van der Waals surface area contributed by atoms with Crippen LogP contribution in [-0.2, 0) is 0 Å². The molecule has 0 atom stereocenters. The number of hydrogen-bond donors (Lipinski definition) is 0. The van der Waals surface area contributed by atoms with Crippen LogP contribution < -0.4 is 28.7 Å². The van der Waals surface area contributed by atoms with E-state index >= 15 is 0 Å². The fourth-order valence-electron chi connectivity index (χ4n) is 6.66. The van der Waals surface area contributed by atoms with Crippen molar-refractivity contribution in [2.45, 2.75) is 77.6 Å². The van der Waals surface area contributed by atoms with E-state index in [1.807, 2.05) is 43.3 Å². The van der Waals surface area contributed by atoms with E-state index in [-0.39, 0.29) is 0 Å². The number of unbranched alkanes of at least 4 members (excludes halogenated alkanes) is 9. The van der Waals surface area contributed by atoms with E-state index in [2.05, 4.69) is 91.1 Å². The molecule has 0 saturated heterocycles. The fraction of sp³-hybridized carbons (Fsp3) is 0.408. The van der Waals surface area contributed by atoms with E-state index < -0.39 is 0 Å². The van der Waals surface area contributed by atoms with Crippen LogP contribution in [0, 0.1) is 0 Å². The highest BCUT2D eigenvalue weighted by Crippen LogP contribution is 2.26. The molecule has 0 aliphatic carbocycles. The third kappa shape index (κ3) is 14.1. The average Bonchev–Trinajstić information content (AvgIpc) is 3.26. The first-order valence-corrected chi connectivity index (χ1v) is 20.9. The normalized spacial score (nSPS) is 10.9. The van der Waals surface area contributed by atoms with Crippen LogP contribution in [0.5, 0.6) is 23.0 Å². The van der Waals surface area contributed by atoms with Crippen LogP contribution in [0.4, 0.5) is 11.9 Å². The van der Waals surface area contributed by atoms with Crippen LogP contribution >= 0.6 is 0 Å². The number of rotatable bonds is 26. The lowest BCUT2D eigenvalue weighted by atomic mass is 10.1. The number of methoxy groups -OCH3 is 2.